The number of hydrogen-bond acceptors (Lipinski definition) is 4. The third-order valence-electron chi connectivity index (χ3n) is 2.76. The van der Waals surface area contributed by atoms with Gasteiger partial charge in [-0.25, -0.2) is 4.79 Å². The second-order valence-corrected chi connectivity index (χ2v) is 3.76. The molecule has 0 amide bonds. The van der Waals surface area contributed by atoms with Gasteiger partial charge in [-0.1, -0.05) is 0 Å². The van der Waals surface area contributed by atoms with E-state index in [1.807, 2.05) is 0 Å². The summed E-state index contributed by atoms with van der Waals surface area (Å²) in [6, 6.07) is 1.51. The van der Waals surface area contributed by atoms with E-state index in [4.69, 9.17) is 5.11 Å². The number of fused-ring (bicyclic) bond motifs is 1. The first-order valence-corrected chi connectivity index (χ1v) is 4.99. The standard InChI is InChI=1S/C10H12N2O4/c1-16-10(15)6-2-3-12-7(4-6)5-8(11-12)9(13)14/h5-6H,2-4H2,1H3,(H,13,14). The average Bonchev–Trinajstić information content (AvgIpc) is 2.70. The molecule has 1 unspecified atom stereocenters. The zero-order valence-corrected chi connectivity index (χ0v) is 8.84. The first-order chi connectivity index (χ1) is 7.61. The Kier molecular flexibility index (Phi) is 2.64. The van der Waals surface area contributed by atoms with E-state index in [1.54, 1.807) is 4.68 Å². The molecule has 86 valence electrons. The summed E-state index contributed by atoms with van der Waals surface area (Å²) in [5, 5.41) is 12.7. The highest BCUT2D eigenvalue weighted by Gasteiger charge is 2.27. The van der Waals surface area contributed by atoms with Crippen molar-refractivity contribution in [3.8, 4) is 0 Å². The highest BCUT2D eigenvalue weighted by Crippen LogP contribution is 2.21. The number of rotatable bonds is 2. The van der Waals surface area contributed by atoms with E-state index < -0.39 is 5.97 Å². The van der Waals surface area contributed by atoms with Gasteiger partial charge in [-0.2, -0.15) is 5.10 Å². The van der Waals surface area contributed by atoms with Gasteiger partial charge in [0.25, 0.3) is 0 Å². The van der Waals surface area contributed by atoms with Gasteiger partial charge in [-0.15, -0.1) is 0 Å². The molecular formula is C10H12N2O4. The maximum absolute atomic E-state index is 11.3. The molecule has 1 aromatic rings. The SMILES string of the molecule is COC(=O)C1CCn2nc(C(=O)O)cc2C1. The van der Waals surface area contributed by atoms with Crippen LogP contribution in [0.25, 0.3) is 0 Å². The summed E-state index contributed by atoms with van der Waals surface area (Å²) in [4.78, 5) is 22.1. The van der Waals surface area contributed by atoms with Crippen LogP contribution in [-0.4, -0.2) is 33.9 Å². The summed E-state index contributed by atoms with van der Waals surface area (Å²) in [7, 11) is 1.36. The van der Waals surface area contributed by atoms with Crippen LogP contribution < -0.4 is 0 Å². The molecule has 0 spiro atoms. The molecule has 1 aromatic heterocycles. The van der Waals surface area contributed by atoms with Gasteiger partial charge in [-0.3, -0.25) is 9.48 Å². The molecule has 6 nitrogen and oxygen atoms in total. The Morgan fingerprint density at radius 3 is 3.00 bits per heavy atom. The average molecular weight is 224 g/mol. The van der Waals surface area contributed by atoms with Crippen LogP contribution >= 0.6 is 0 Å². The topological polar surface area (TPSA) is 81.4 Å². The van der Waals surface area contributed by atoms with Crippen molar-refractivity contribution in [2.75, 3.05) is 7.11 Å². The number of methoxy groups -OCH3 is 1. The fourth-order valence-electron chi connectivity index (χ4n) is 1.92. The van der Waals surface area contributed by atoms with Crippen molar-refractivity contribution in [1.82, 2.24) is 9.78 Å². The Morgan fingerprint density at radius 2 is 2.38 bits per heavy atom. The van der Waals surface area contributed by atoms with Crippen LogP contribution in [0.15, 0.2) is 6.07 Å². The molecule has 2 heterocycles. The number of nitrogens with zero attached hydrogens (tertiary/aromatic N) is 2. The lowest BCUT2D eigenvalue weighted by Crippen LogP contribution is -2.26. The molecule has 0 bridgehead atoms. The predicted molar refractivity (Wildman–Crippen MR) is 53.0 cm³/mol. The van der Waals surface area contributed by atoms with Crippen LogP contribution in [-0.2, 0) is 22.5 Å². The van der Waals surface area contributed by atoms with Crippen LogP contribution in [0.2, 0.25) is 0 Å². The smallest absolute Gasteiger partial charge is 0.356 e. The lowest BCUT2D eigenvalue weighted by atomic mass is 9.96. The second kappa shape index (κ2) is 3.96. The van der Waals surface area contributed by atoms with Crippen LogP contribution in [0, 0.1) is 5.92 Å². The Balaban J connectivity index is 2.20. The van der Waals surface area contributed by atoms with E-state index in [0.29, 0.717) is 19.4 Å². The van der Waals surface area contributed by atoms with E-state index in [-0.39, 0.29) is 17.6 Å². The predicted octanol–water partition coefficient (Wildman–Crippen LogP) is 0.317. The Morgan fingerprint density at radius 1 is 1.62 bits per heavy atom. The Labute approximate surface area is 91.8 Å². The third-order valence-corrected chi connectivity index (χ3v) is 2.76. The number of ether oxygens (including phenoxy) is 1. The third kappa shape index (κ3) is 1.78. The minimum Gasteiger partial charge on any atom is -0.476 e. The van der Waals surface area contributed by atoms with Gasteiger partial charge >= 0.3 is 11.9 Å². The summed E-state index contributed by atoms with van der Waals surface area (Å²) in [6.45, 7) is 0.558. The van der Waals surface area contributed by atoms with Crippen molar-refractivity contribution in [3.05, 3.63) is 17.5 Å². The zero-order valence-electron chi connectivity index (χ0n) is 8.84. The molecular weight excluding hydrogens is 212 g/mol. The number of aryl methyl sites for hydroxylation is 1. The quantitative estimate of drug-likeness (QED) is 0.731. The molecule has 0 saturated carbocycles. The van der Waals surface area contributed by atoms with Crippen molar-refractivity contribution in [2.45, 2.75) is 19.4 Å². The zero-order chi connectivity index (χ0) is 11.7. The van der Waals surface area contributed by atoms with Crippen molar-refractivity contribution in [3.63, 3.8) is 0 Å². The van der Waals surface area contributed by atoms with Gasteiger partial charge in [0, 0.05) is 18.7 Å². The van der Waals surface area contributed by atoms with E-state index >= 15 is 0 Å². The molecule has 6 heteroatoms. The number of carboxylic acids is 1. The Bertz CT molecular complexity index is 438. The minimum absolute atomic E-state index is 0.0283. The summed E-state index contributed by atoms with van der Waals surface area (Å²) in [5.74, 6) is -1.48. The van der Waals surface area contributed by atoms with Gasteiger partial charge in [0.15, 0.2) is 5.69 Å². The first-order valence-electron chi connectivity index (χ1n) is 4.99. The maximum atomic E-state index is 11.3. The number of hydrogen-bond donors (Lipinski definition) is 1. The van der Waals surface area contributed by atoms with Crippen molar-refractivity contribution in [2.24, 2.45) is 5.92 Å². The summed E-state index contributed by atoms with van der Waals surface area (Å²) in [6.07, 6.45) is 1.13. The molecule has 1 aliphatic heterocycles. The highest BCUT2D eigenvalue weighted by molar-refractivity contribution is 5.85. The Hall–Kier alpha value is -1.85. The summed E-state index contributed by atoms with van der Waals surface area (Å²) < 4.78 is 6.32. The number of carbonyl (C=O) groups is 2. The molecule has 0 aliphatic carbocycles. The fraction of sp³-hybridized carbons (Fsp3) is 0.500. The number of carboxylic acid groups (broad SMARTS) is 1. The van der Waals surface area contributed by atoms with Crippen LogP contribution in [0.3, 0.4) is 0 Å². The van der Waals surface area contributed by atoms with Gasteiger partial charge in [0.05, 0.1) is 13.0 Å². The second-order valence-electron chi connectivity index (χ2n) is 3.76. The highest BCUT2D eigenvalue weighted by atomic mass is 16.5. The van der Waals surface area contributed by atoms with Crippen LogP contribution in [0.1, 0.15) is 22.6 Å². The molecule has 16 heavy (non-hydrogen) atoms. The minimum atomic E-state index is -1.04. The molecule has 0 fully saturated rings. The van der Waals surface area contributed by atoms with E-state index in [2.05, 4.69) is 9.84 Å². The van der Waals surface area contributed by atoms with Crippen LogP contribution in [0.5, 0.6) is 0 Å². The van der Waals surface area contributed by atoms with E-state index in [9.17, 15) is 9.59 Å². The van der Waals surface area contributed by atoms with Crippen LogP contribution in [0.4, 0.5) is 0 Å². The fourth-order valence-corrected chi connectivity index (χ4v) is 1.92. The van der Waals surface area contributed by atoms with Gasteiger partial charge in [-0.05, 0) is 12.5 Å². The number of aromatic nitrogens is 2. The number of aromatic carboxylic acids is 1. The monoisotopic (exact) mass is 224 g/mol. The largest absolute Gasteiger partial charge is 0.476 e. The lowest BCUT2D eigenvalue weighted by molar-refractivity contribution is -0.146. The van der Waals surface area contributed by atoms with Gasteiger partial charge in [0.1, 0.15) is 0 Å². The molecule has 0 saturated heterocycles. The molecule has 0 radical (unpaired) electrons. The molecule has 0 aromatic carbocycles. The number of carbonyl (C=O) groups excluding carboxylic acids is 1. The first kappa shape index (κ1) is 10.7. The van der Waals surface area contributed by atoms with Gasteiger partial charge < -0.3 is 9.84 Å². The van der Waals surface area contributed by atoms with Crippen molar-refractivity contribution in [1.29, 1.82) is 0 Å². The maximum Gasteiger partial charge on any atom is 0.356 e. The van der Waals surface area contributed by atoms with E-state index in [0.717, 1.165) is 5.69 Å². The normalized spacial score (nSPS) is 18.9. The number of esters is 1. The lowest BCUT2D eigenvalue weighted by Gasteiger charge is -2.20. The molecule has 1 atom stereocenters. The van der Waals surface area contributed by atoms with Crippen molar-refractivity contribution < 1.29 is 19.4 Å². The molecule has 1 N–H and O–H groups in total. The molecule has 1 aliphatic rings. The van der Waals surface area contributed by atoms with Crippen molar-refractivity contribution >= 4 is 11.9 Å². The molecule has 2 rings (SSSR count). The van der Waals surface area contributed by atoms with Gasteiger partial charge in [0.2, 0.25) is 0 Å². The summed E-state index contributed by atoms with van der Waals surface area (Å²) >= 11 is 0. The van der Waals surface area contributed by atoms with E-state index in [1.165, 1.54) is 13.2 Å². The summed E-state index contributed by atoms with van der Waals surface area (Å²) in [5.41, 5.74) is 0.805.